The molecule has 0 aliphatic rings. The summed E-state index contributed by atoms with van der Waals surface area (Å²) in [5.41, 5.74) is 1.81. The number of benzene rings is 1. The molecule has 2 rings (SSSR count). The molecule has 1 aromatic heterocycles. The van der Waals surface area contributed by atoms with Crippen LogP contribution in [0.15, 0.2) is 40.6 Å². The van der Waals surface area contributed by atoms with Gasteiger partial charge in [0.1, 0.15) is 0 Å². The van der Waals surface area contributed by atoms with E-state index in [1.54, 1.807) is 11.3 Å². The van der Waals surface area contributed by atoms with Crippen LogP contribution in [0.25, 0.3) is 10.4 Å². The molecule has 1 aromatic carbocycles. The first-order valence-corrected chi connectivity index (χ1v) is 8.47. The Hall–Kier alpha value is 0.490. The summed E-state index contributed by atoms with van der Waals surface area (Å²) in [6, 6.07) is 9.91. The number of thiol groups is 1. The molecule has 0 atom stereocenters. The maximum atomic E-state index is 5.85. The van der Waals surface area contributed by atoms with Gasteiger partial charge in [-0.05, 0) is 17.5 Å². The normalized spacial score (nSPS) is 11.8. The Morgan fingerprint density at radius 1 is 1.18 bits per heavy atom. The van der Waals surface area contributed by atoms with Gasteiger partial charge in [0.15, 0.2) is 0 Å². The summed E-state index contributed by atoms with van der Waals surface area (Å²) in [5.74, 6) is 0. The van der Waals surface area contributed by atoms with Crippen LogP contribution in [0.4, 0.5) is 0 Å². The van der Waals surface area contributed by atoms with E-state index >= 15 is 0 Å². The standard InChI is InChI=1S/C11H7Cl3S3/c12-11(13,14)7-5-10(16-6-7)8-3-1-2-4-9(8)17-15/h1-6,15H. The van der Waals surface area contributed by atoms with Crippen LogP contribution >= 0.6 is 68.6 Å². The number of alkyl halides is 3. The van der Waals surface area contributed by atoms with Crippen molar-refractivity contribution in [1.82, 2.24) is 0 Å². The van der Waals surface area contributed by atoms with Gasteiger partial charge in [0.25, 0.3) is 0 Å². The zero-order valence-electron chi connectivity index (χ0n) is 8.36. The van der Waals surface area contributed by atoms with Gasteiger partial charge in [-0.15, -0.1) is 23.0 Å². The first-order valence-electron chi connectivity index (χ1n) is 4.59. The van der Waals surface area contributed by atoms with Gasteiger partial charge >= 0.3 is 0 Å². The molecule has 0 unspecified atom stereocenters. The summed E-state index contributed by atoms with van der Waals surface area (Å²) in [7, 11) is 1.41. The lowest BCUT2D eigenvalue weighted by molar-refractivity contribution is 1.27. The van der Waals surface area contributed by atoms with Crippen LogP contribution in [-0.2, 0) is 3.79 Å². The van der Waals surface area contributed by atoms with Crippen LogP contribution in [0.5, 0.6) is 0 Å². The molecule has 1 heterocycles. The highest BCUT2D eigenvalue weighted by Crippen LogP contribution is 2.43. The summed E-state index contributed by atoms with van der Waals surface area (Å²) < 4.78 is -1.36. The van der Waals surface area contributed by atoms with Crippen molar-refractivity contribution in [2.45, 2.75) is 8.69 Å². The van der Waals surface area contributed by atoms with Gasteiger partial charge < -0.3 is 0 Å². The molecule has 0 N–H and O–H groups in total. The SMILES string of the molecule is SSc1ccccc1-c1cc(C(Cl)(Cl)Cl)cs1. The number of hydrogen-bond acceptors (Lipinski definition) is 3. The lowest BCUT2D eigenvalue weighted by Crippen LogP contribution is -1.96. The number of hydrogen-bond donors (Lipinski definition) is 1. The zero-order valence-corrected chi connectivity index (χ0v) is 13.2. The Morgan fingerprint density at radius 2 is 1.88 bits per heavy atom. The predicted octanol–water partition coefficient (Wildman–Crippen LogP) is 6.18. The average molecular weight is 342 g/mol. The van der Waals surface area contributed by atoms with E-state index in [-0.39, 0.29) is 0 Å². The molecule has 0 aliphatic heterocycles. The molecule has 17 heavy (non-hydrogen) atoms. The third-order valence-electron chi connectivity index (χ3n) is 2.18. The van der Waals surface area contributed by atoms with Crippen LogP contribution in [-0.4, -0.2) is 0 Å². The van der Waals surface area contributed by atoms with Crippen molar-refractivity contribution in [2.24, 2.45) is 0 Å². The van der Waals surface area contributed by atoms with Gasteiger partial charge in [-0.25, -0.2) is 0 Å². The van der Waals surface area contributed by atoms with Gasteiger partial charge in [-0.1, -0.05) is 63.8 Å². The topological polar surface area (TPSA) is 0 Å². The van der Waals surface area contributed by atoms with Crippen molar-refractivity contribution in [1.29, 1.82) is 0 Å². The molecule has 90 valence electrons. The van der Waals surface area contributed by atoms with Crippen molar-refractivity contribution in [3.05, 3.63) is 41.3 Å². The number of halogens is 3. The Labute approximate surface area is 128 Å². The van der Waals surface area contributed by atoms with Crippen LogP contribution in [0.1, 0.15) is 5.56 Å². The molecular weight excluding hydrogens is 335 g/mol. The van der Waals surface area contributed by atoms with Gasteiger partial charge in [0, 0.05) is 20.9 Å². The fourth-order valence-electron chi connectivity index (χ4n) is 1.38. The summed E-state index contributed by atoms with van der Waals surface area (Å²) in [6.45, 7) is 0. The van der Waals surface area contributed by atoms with Crippen molar-refractivity contribution >= 4 is 68.6 Å². The highest BCUT2D eigenvalue weighted by Gasteiger charge is 2.24. The molecule has 6 heteroatoms. The Balaban J connectivity index is 2.44. The van der Waals surface area contributed by atoms with Crippen molar-refractivity contribution < 1.29 is 0 Å². The highest BCUT2D eigenvalue weighted by atomic mass is 35.6. The first kappa shape index (κ1) is 13.9. The molecule has 0 amide bonds. The van der Waals surface area contributed by atoms with Gasteiger partial charge in [0.2, 0.25) is 3.79 Å². The van der Waals surface area contributed by atoms with E-state index in [4.69, 9.17) is 34.8 Å². The molecule has 0 saturated heterocycles. The van der Waals surface area contributed by atoms with Crippen LogP contribution in [0.3, 0.4) is 0 Å². The summed E-state index contributed by atoms with van der Waals surface area (Å²) in [6.07, 6.45) is 0. The second-order valence-electron chi connectivity index (χ2n) is 3.28. The average Bonchev–Trinajstić information content (AvgIpc) is 2.77. The maximum Gasteiger partial charge on any atom is 0.216 e. The molecular formula is C11H7Cl3S3. The van der Waals surface area contributed by atoms with Crippen molar-refractivity contribution in [3.8, 4) is 10.4 Å². The van der Waals surface area contributed by atoms with Gasteiger partial charge in [-0.2, -0.15) is 0 Å². The van der Waals surface area contributed by atoms with E-state index in [0.717, 1.165) is 15.3 Å². The second-order valence-corrected chi connectivity index (χ2v) is 7.65. The number of rotatable bonds is 2. The van der Waals surface area contributed by atoms with E-state index in [1.807, 2.05) is 35.7 Å². The summed E-state index contributed by atoms with van der Waals surface area (Å²) in [5, 5.41) is 1.86. The minimum Gasteiger partial charge on any atom is -0.143 e. The number of thiophene rings is 1. The van der Waals surface area contributed by atoms with Crippen LogP contribution in [0.2, 0.25) is 0 Å². The lowest BCUT2D eigenvalue weighted by atomic mass is 10.2. The van der Waals surface area contributed by atoms with Gasteiger partial charge in [-0.3, -0.25) is 0 Å². The largest absolute Gasteiger partial charge is 0.216 e. The van der Waals surface area contributed by atoms with E-state index in [2.05, 4.69) is 11.7 Å². The second kappa shape index (κ2) is 5.64. The first-order chi connectivity index (χ1) is 8.02. The van der Waals surface area contributed by atoms with E-state index in [0.29, 0.717) is 5.56 Å². The summed E-state index contributed by atoms with van der Waals surface area (Å²) >= 11 is 23.3. The fraction of sp³-hybridized carbons (Fsp3) is 0.0909. The minimum absolute atomic E-state index is 0.696. The molecule has 0 saturated carbocycles. The highest BCUT2D eigenvalue weighted by molar-refractivity contribution is 8.68. The van der Waals surface area contributed by atoms with Crippen molar-refractivity contribution in [2.75, 3.05) is 0 Å². The Kier molecular flexibility index (Phi) is 4.61. The molecule has 0 aliphatic carbocycles. The summed E-state index contributed by atoms with van der Waals surface area (Å²) in [4.78, 5) is 2.16. The molecule has 0 fully saturated rings. The van der Waals surface area contributed by atoms with Crippen molar-refractivity contribution in [3.63, 3.8) is 0 Å². The van der Waals surface area contributed by atoms with E-state index < -0.39 is 3.79 Å². The van der Waals surface area contributed by atoms with Gasteiger partial charge in [0.05, 0.1) is 0 Å². The quantitative estimate of drug-likeness (QED) is 0.386. The molecule has 0 nitrogen and oxygen atoms in total. The molecule has 0 bridgehead atoms. The van der Waals surface area contributed by atoms with Crippen LogP contribution < -0.4 is 0 Å². The maximum absolute atomic E-state index is 5.85. The van der Waals surface area contributed by atoms with E-state index in [9.17, 15) is 0 Å². The third-order valence-corrected chi connectivity index (χ3v) is 4.94. The van der Waals surface area contributed by atoms with Crippen LogP contribution in [0, 0.1) is 0 Å². The zero-order chi connectivity index (χ0) is 12.5. The Bertz CT molecular complexity index is 517. The molecule has 2 aromatic rings. The smallest absolute Gasteiger partial charge is 0.143 e. The molecule has 0 radical (unpaired) electrons. The lowest BCUT2D eigenvalue weighted by Gasteiger charge is -2.07. The Morgan fingerprint density at radius 3 is 2.47 bits per heavy atom. The monoisotopic (exact) mass is 340 g/mol. The molecule has 0 spiro atoms. The predicted molar refractivity (Wildman–Crippen MR) is 83.8 cm³/mol. The minimum atomic E-state index is -1.36. The fourth-order valence-corrected chi connectivity index (χ4v) is 3.85. The third kappa shape index (κ3) is 3.28. The van der Waals surface area contributed by atoms with E-state index in [1.165, 1.54) is 10.8 Å².